The highest BCUT2D eigenvalue weighted by molar-refractivity contribution is 7.99. The van der Waals surface area contributed by atoms with Crippen molar-refractivity contribution < 1.29 is 9.53 Å². The highest BCUT2D eigenvalue weighted by Crippen LogP contribution is 2.20. The number of benzene rings is 1. The van der Waals surface area contributed by atoms with Gasteiger partial charge in [-0.25, -0.2) is 0 Å². The average molecular weight is 402 g/mol. The second-order valence-electron chi connectivity index (χ2n) is 6.74. The lowest BCUT2D eigenvalue weighted by Gasteiger charge is -2.13. The molecule has 2 aromatic rings. The van der Waals surface area contributed by atoms with Crippen molar-refractivity contribution in [2.24, 2.45) is 5.92 Å². The number of nitrogens with one attached hydrogen (secondary N) is 1. The van der Waals surface area contributed by atoms with Crippen molar-refractivity contribution >= 4 is 17.7 Å². The Hall–Kier alpha value is -2.53. The van der Waals surface area contributed by atoms with Gasteiger partial charge in [-0.2, -0.15) is 5.26 Å². The monoisotopic (exact) mass is 401 g/mol. The topological polar surface area (TPSA) is 92.8 Å². The molecule has 0 atom stereocenters. The summed E-state index contributed by atoms with van der Waals surface area (Å²) >= 11 is 1.34. The normalized spacial score (nSPS) is 10.7. The van der Waals surface area contributed by atoms with Crippen LogP contribution in [0.5, 0.6) is 5.75 Å². The number of carbonyl (C=O) groups excluding carboxylic acids is 1. The molecule has 8 heteroatoms. The lowest BCUT2D eigenvalue weighted by atomic mass is 10.2. The zero-order valence-electron chi connectivity index (χ0n) is 16.6. The summed E-state index contributed by atoms with van der Waals surface area (Å²) in [7, 11) is 0. The molecule has 0 unspecified atom stereocenters. The Morgan fingerprint density at radius 1 is 1.32 bits per heavy atom. The molecular weight excluding hydrogens is 374 g/mol. The van der Waals surface area contributed by atoms with Gasteiger partial charge in [0, 0.05) is 13.1 Å². The van der Waals surface area contributed by atoms with Gasteiger partial charge in [-0.3, -0.25) is 4.79 Å². The summed E-state index contributed by atoms with van der Waals surface area (Å²) in [6.45, 7) is 7.80. The van der Waals surface area contributed by atoms with Crippen molar-refractivity contribution in [1.82, 2.24) is 20.1 Å². The van der Waals surface area contributed by atoms with Gasteiger partial charge in [0.15, 0.2) is 11.0 Å². The number of carbonyl (C=O) groups is 1. The highest BCUT2D eigenvalue weighted by Gasteiger charge is 2.16. The Kier molecular flexibility index (Phi) is 8.82. The van der Waals surface area contributed by atoms with Gasteiger partial charge < -0.3 is 14.6 Å². The fraction of sp³-hybridized carbons (Fsp3) is 0.500. The number of thioether (sulfide) groups is 1. The second-order valence-corrected chi connectivity index (χ2v) is 7.68. The van der Waals surface area contributed by atoms with E-state index in [1.807, 2.05) is 22.8 Å². The van der Waals surface area contributed by atoms with E-state index in [4.69, 9.17) is 10.00 Å². The summed E-state index contributed by atoms with van der Waals surface area (Å²) in [5.41, 5.74) is 1.27. The fourth-order valence-corrected chi connectivity index (χ4v) is 3.29. The maximum Gasteiger partial charge on any atom is 0.230 e. The molecule has 2 rings (SSSR count). The molecule has 0 fully saturated rings. The van der Waals surface area contributed by atoms with Gasteiger partial charge in [-0.15, -0.1) is 10.2 Å². The first-order valence-corrected chi connectivity index (χ1v) is 10.4. The standard InChI is InChI=1S/C20H27N5O2S/c1-4-16-6-8-17(9-7-16)27-13-18-23-24-20(25(18)12-15(2)3)28-14-19(26)22-11-5-10-21/h6-9,15H,4-5,11-14H2,1-3H3,(H,22,26). The lowest BCUT2D eigenvalue weighted by Crippen LogP contribution is -2.26. The van der Waals surface area contributed by atoms with Crippen LogP contribution in [-0.2, 0) is 24.4 Å². The predicted octanol–water partition coefficient (Wildman–Crippen LogP) is 3.20. The maximum absolute atomic E-state index is 11.9. The van der Waals surface area contributed by atoms with Crippen LogP contribution in [0, 0.1) is 17.2 Å². The van der Waals surface area contributed by atoms with Crippen LogP contribution in [-0.4, -0.2) is 33.0 Å². The van der Waals surface area contributed by atoms with Gasteiger partial charge in [-0.05, 0) is 30.0 Å². The number of nitrogens with zero attached hydrogens (tertiary/aromatic N) is 4. The number of aromatic nitrogens is 3. The Balaban J connectivity index is 1.99. The number of nitriles is 1. The minimum absolute atomic E-state index is 0.117. The number of rotatable bonds is 11. The first kappa shape index (κ1) is 21.8. The third-order valence-corrected chi connectivity index (χ3v) is 4.90. The zero-order chi connectivity index (χ0) is 20.4. The van der Waals surface area contributed by atoms with E-state index in [1.165, 1.54) is 17.3 Å². The third-order valence-electron chi connectivity index (χ3n) is 3.93. The molecule has 28 heavy (non-hydrogen) atoms. The molecule has 1 aromatic heterocycles. The molecule has 7 nitrogen and oxygen atoms in total. The summed E-state index contributed by atoms with van der Waals surface area (Å²) in [5, 5.41) is 20.4. The van der Waals surface area contributed by atoms with Crippen molar-refractivity contribution in [2.45, 2.75) is 51.9 Å². The molecule has 0 saturated carbocycles. The quantitative estimate of drug-likeness (QED) is 0.459. The van der Waals surface area contributed by atoms with Crippen LogP contribution in [0.1, 0.15) is 38.6 Å². The van der Waals surface area contributed by atoms with Crippen molar-refractivity contribution in [3.8, 4) is 11.8 Å². The number of amides is 1. The van der Waals surface area contributed by atoms with Crippen LogP contribution in [0.3, 0.4) is 0 Å². The molecular formula is C20H27N5O2S. The van der Waals surface area contributed by atoms with E-state index in [1.54, 1.807) is 0 Å². The summed E-state index contributed by atoms with van der Waals surface area (Å²) < 4.78 is 7.89. The number of ether oxygens (including phenoxy) is 1. The van der Waals surface area contributed by atoms with Crippen molar-refractivity contribution in [1.29, 1.82) is 5.26 Å². The fourth-order valence-electron chi connectivity index (χ4n) is 2.49. The largest absolute Gasteiger partial charge is 0.486 e. The Bertz CT molecular complexity index is 796. The van der Waals surface area contributed by atoms with E-state index >= 15 is 0 Å². The Morgan fingerprint density at radius 2 is 2.07 bits per heavy atom. The summed E-state index contributed by atoms with van der Waals surface area (Å²) in [4.78, 5) is 11.9. The van der Waals surface area contributed by atoms with Crippen LogP contribution in [0.4, 0.5) is 0 Å². The minimum atomic E-state index is -0.117. The third kappa shape index (κ3) is 6.89. The van der Waals surface area contributed by atoms with Crippen molar-refractivity contribution in [2.75, 3.05) is 12.3 Å². The number of aryl methyl sites for hydroxylation is 1. The molecule has 0 aliphatic heterocycles. The molecule has 0 spiro atoms. The van der Waals surface area contributed by atoms with Gasteiger partial charge in [0.05, 0.1) is 18.2 Å². The summed E-state index contributed by atoms with van der Waals surface area (Å²) in [6, 6.07) is 10.0. The molecule has 1 N–H and O–H groups in total. The SMILES string of the molecule is CCc1ccc(OCc2nnc(SCC(=O)NCCC#N)n2CC(C)C)cc1. The summed E-state index contributed by atoms with van der Waals surface area (Å²) in [5.74, 6) is 2.06. The van der Waals surface area contributed by atoms with E-state index < -0.39 is 0 Å². The molecule has 1 aromatic carbocycles. The van der Waals surface area contributed by atoms with E-state index in [0.717, 1.165) is 24.5 Å². The van der Waals surface area contributed by atoms with Crippen LogP contribution in [0.2, 0.25) is 0 Å². The molecule has 0 saturated heterocycles. The Morgan fingerprint density at radius 3 is 2.71 bits per heavy atom. The van der Waals surface area contributed by atoms with E-state index in [0.29, 0.717) is 30.6 Å². The second kappa shape index (κ2) is 11.3. The van der Waals surface area contributed by atoms with E-state index in [2.05, 4.69) is 48.4 Å². The minimum Gasteiger partial charge on any atom is -0.486 e. The number of hydrogen-bond donors (Lipinski definition) is 1. The average Bonchev–Trinajstić information content (AvgIpc) is 3.06. The van der Waals surface area contributed by atoms with Crippen molar-refractivity contribution in [3.63, 3.8) is 0 Å². The summed E-state index contributed by atoms with van der Waals surface area (Å²) in [6.07, 6.45) is 1.30. The highest BCUT2D eigenvalue weighted by atomic mass is 32.2. The van der Waals surface area contributed by atoms with E-state index in [9.17, 15) is 4.79 Å². The zero-order valence-corrected chi connectivity index (χ0v) is 17.5. The first-order chi connectivity index (χ1) is 13.5. The van der Waals surface area contributed by atoms with Gasteiger partial charge in [0.1, 0.15) is 12.4 Å². The first-order valence-electron chi connectivity index (χ1n) is 9.43. The molecule has 0 radical (unpaired) electrons. The van der Waals surface area contributed by atoms with Crippen LogP contribution in [0.15, 0.2) is 29.4 Å². The van der Waals surface area contributed by atoms with Gasteiger partial charge in [0.2, 0.25) is 5.91 Å². The lowest BCUT2D eigenvalue weighted by molar-refractivity contribution is -0.118. The van der Waals surface area contributed by atoms with Crippen molar-refractivity contribution in [3.05, 3.63) is 35.7 Å². The molecule has 0 aliphatic rings. The van der Waals surface area contributed by atoms with Crippen LogP contribution < -0.4 is 10.1 Å². The molecule has 1 heterocycles. The van der Waals surface area contributed by atoms with E-state index in [-0.39, 0.29) is 11.7 Å². The van der Waals surface area contributed by atoms with Gasteiger partial charge in [-0.1, -0.05) is 44.7 Å². The molecule has 0 aliphatic carbocycles. The molecule has 1 amide bonds. The Labute approximate surface area is 170 Å². The molecule has 0 bridgehead atoms. The predicted molar refractivity (Wildman–Crippen MR) is 109 cm³/mol. The van der Waals surface area contributed by atoms with Crippen LogP contribution >= 0.6 is 11.8 Å². The molecule has 150 valence electrons. The number of hydrogen-bond acceptors (Lipinski definition) is 6. The van der Waals surface area contributed by atoms with Gasteiger partial charge >= 0.3 is 0 Å². The van der Waals surface area contributed by atoms with Crippen LogP contribution in [0.25, 0.3) is 0 Å². The smallest absolute Gasteiger partial charge is 0.230 e. The maximum atomic E-state index is 11.9. The van der Waals surface area contributed by atoms with Gasteiger partial charge in [0.25, 0.3) is 0 Å².